The maximum Gasteiger partial charge on any atom is 0.276 e. The molecule has 0 aliphatic heterocycles. The molecule has 1 aromatic rings. The molecule has 0 unspecified atom stereocenters. The maximum absolute atomic E-state index is 12.1. The van der Waals surface area contributed by atoms with E-state index in [-0.39, 0.29) is 24.4 Å². The second kappa shape index (κ2) is 8.32. The number of carbonyl (C=O) groups excluding carboxylic acids is 1. The van der Waals surface area contributed by atoms with Gasteiger partial charge in [0.25, 0.3) is 5.91 Å². The molecule has 0 saturated carbocycles. The van der Waals surface area contributed by atoms with Gasteiger partial charge in [-0.05, 0) is 53.9 Å². The predicted molar refractivity (Wildman–Crippen MR) is 92.9 cm³/mol. The average molecular weight is 383 g/mol. The average Bonchev–Trinajstić information content (AvgIpc) is 2.52. The van der Waals surface area contributed by atoms with Crippen molar-refractivity contribution in [2.75, 3.05) is 13.7 Å². The van der Waals surface area contributed by atoms with Crippen molar-refractivity contribution in [3.05, 3.63) is 28.2 Å². The van der Waals surface area contributed by atoms with Crippen LogP contribution in [-0.2, 0) is 4.79 Å². The number of nitriles is 1. The molecular formula is C17H25BrN3O2+. The van der Waals surface area contributed by atoms with E-state index in [1.165, 1.54) is 0 Å². The lowest BCUT2D eigenvalue weighted by Gasteiger charge is -2.27. The van der Waals surface area contributed by atoms with E-state index in [2.05, 4.69) is 27.3 Å². The third kappa shape index (κ3) is 5.22. The number of hydrogen-bond acceptors (Lipinski definition) is 3. The highest BCUT2D eigenvalue weighted by Gasteiger charge is 2.30. The highest BCUT2D eigenvalue weighted by molar-refractivity contribution is 9.10. The summed E-state index contributed by atoms with van der Waals surface area (Å²) in [7, 11) is 1.63. The first-order valence-corrected chi connectivity index (χ1v) is 8.41. The molecule has 126 valence electrons. The van der Waals surface area contributed by atoms with E-state index in [9.17, 15) is 10.1 Å². The van der Waals surface area contributed by atoms with E-state index in [4.69, 9.17) is 4.74 Å². The number of quaternary nitrogens is 1. The SMILES string of the molecule is COc1ccc([C@H](C)[NH2+]CC(=O)N[C@](C)(C#N)C(C)C)cc1Br. The Kier molecular flexibility index (Phi) is 7.04. The second-order valence-corrected chi connectivity index (χ2v) is 6.99. The fourth-order valence-electron chi connectivity index (χ4n) is 2.03. The predicted octanol–water partition coefficient (Wildman–Crippen LogP) is 2.14. The quantitative estimate of drug-likeness (QED) is 0.757. The van der Waals surface area contributed by atoms with E-state index in [1.807, 2.05) is 44.3 Å². The van der Waals surface area contributed by atoms with Gasteiger partial charge in [0.1, 0.15) is 17.3 Å². The number of nitrogens with one attached hydrogen (secondary N) is 1. The van der Waals surface area contributed by atoms with Gasteiger partial charge in [-0.3, -0.25) is 4.79 Å². The zero-order valence-electron chi connectivity index (χ0n) is 14.3. The minimum Gasteiger partial charge on any atom is -0.496 e. The van der Waals surface area contributed by atoms with Gasteiger partial charge in [0.2, 0.25) is 0 Å². The molecule has 0 heterocycles. The Hall–Kier alpha value is -1.58. The highest BCUT2D eigenvalue weighted by Crippen LogP contribution is 2.27. The fourth-order valence-corrected chi connectivity index (χ4v) is 2.59. The second-order valence-electron chi connectivity index (χ2n) is 6.14. The molecule has 6 heteroatoms. The fraction of sp³-hybridized carbons (Fsp3) is 0.529. The molecule has 2 atom stereocenters. The number of rotatable bonds is 7. The number of halogens is 1. The van der Waals surface area contributed by atoms with Crippen LogP contribution in [-0.4, -0.2) is 25.1 Å². The Morgan fingerprint density at radius 1 is 1.48 bits per heavy atom. The van der Waals surface area contributed by atoms with Crippen LogP contribution in [0.4, 0.5) is 0 Å². The van der Waals surface area contributed by atoms with Crippen LogP contribution in [0, 0.1) is 17.2 Å². The van der Waals surface area contributed by atoms with Crippen LogP contribution in [0.1, 0.15) is 39.3 Å². The van der Waals surface area contributed by atoms with Crippen molar-refractivity contribution < 1.29 is 14.8 Å². The van der Waals surface area contributed by atoms with Gasteiger partial charge >= 0.3 is 0 Å². The van der Waals surface area contributed by atoms with Crippen molar-refractivity contribution >= 4 is 21.8 Å². The van der Waals surface area contributed by atoms with Crippen LogP contribution in [0.15, 0.2) is 22.7 Å². The monoisotopic (exact) mass is 382 g/mol. The molecule has 23 heavy (non-hydrogen) atoms. The van der Waals surface area contributed by atoms with Crippen LogP contribution in [0.3, 0.4) is 0 Å². The molecule has 0 saturated heterocycles. The van der Waals surface area contributed by atoms with Gasteiger partial charge in [0.05, 0.1) is 17.7 Å². The molecule has 0 fully saturated rings. The van der Waals surface area contributed by atoms with Crippen LogP contribution >= 0.6 is 15.9 Å². The topological polar surface area (TPSA) is 78.7 Å². The van der Waals surface area contributed by atoms with Crippen molar-refractivity contribution in [1.29, 1.82) is 5.26 Å². The van der Waals surface area contributed by atoms with Crippen LogP contribution in [0.5, 0.6) is 5.75 Å². The Morgan fingerprint density at radius 2 is 2.13 bits per heavy atom. The van der Waals surface area contributed by atoms with Crippen molar-refractivity contribution in [1.82, 2.24) is 5.32 Å². The zero-order valence-corrected chi connectivity index (χ0v) is 15.9. The first-order valence-electron chi connectivity index (χ1n) is 7.62. The number of nitrogens with zero attached hydrogens (tertiary/aromatic N) is 1. The van der Waals surface area contributed by atoms with Gasteiger partial charge < -0.3 is 15.4 Å². The van der Waals surface area contributed by atoms with E-state index in [0.717, 1.165) is 15.8 Å². The van der Waals surface area contributed by atoms with E-state index in [0.29, 0.717) is 0 Å². The Balaban J connectivity index is 2.62. The molecule has 0 aliphatic carbocycles. The molecule has 1 rings (SSSR count). The first kappa shape index (κ1) is 19.5. The summed E-state index contributed by atoms with van der Waals surface area (Å²) in [5.41, 5.74) is 0.259. The van der Waals surface area contributed by atoms with Gasteiger partial charge in [-0.25, -0.2) is 0 Å². The molecule has 0 aromatic heterocycles. The lowest BCUT2D eigenvalue weighted by molar-refractivity contribution is -0.682. The van der Waals surface area contributed by atoms with Gasteiger partial charge in [-0.15, -0.1) is 0 Å². The van der Waals surface area contributed by atoms with Crippen molar-refractivity contribution in [2.24, 2.45) is 5.92 Å². The normalized spacial score (nSPS) is 14.7. The van der Waals surface area contributed by atoms with Gasteiger partial charge in [0, 0.05) is 5.56 Å². The number of carbonyl (C=O) groups is 1. The number of nitrogens with two attached hydrogens (primary N) is 1. The number of ether oxygens (including phenoxy) is 1. The van der Waals surface area contributed by atoms with Crippen molar-refractivity contribution in [2.45, 2.75) is 39.3 Å². The summed E-state index contributed by atoms with van der Waals surface area (Å²) < 4.78 is 6.10. The van der Waals surface area contributed by atoms with Crippen molar-refractivity contribution in [3.63, 3.8) is 0 Å². The van der Waals surface area contributed by atoms with Gasteiger partial charge in [-0.2, -0.15) is 5.26 Å². The molecule has 3 N–H and O–H groups in total. The summed E-state index contributed by atoms with van der Waals surface area (Å²) in [6.07, 6.45) is 0. The number of methoxy groups -OCH3 is 1. The zero-order chi connectivity index (χ0) is 17.6. The minimum absolute atomic E-state index is 0.0476. The van der Waals surface area contributed by atoms with Gasteiger partial charge in [-0.1, -0.05) is 13.8 Å². The third-order valence-electron chi connectivity index (χ3n) is 4.14. The van der Waals surface area contributed by atoms with Gasteiger partial charge in [0.15, 0.2) is 6.54 Å². The Morgan fingerprint density at radius 3 is 2.61 bits per heavy atom. The van der Waals surface area contributed by atoms with Crippen LogP contribution in [0.2, 0.25) is 0 Å². The molecule has 0 aliphatic rings. The molecule has 1 amide bonds. The van der Waals surface area contributed by atoms with Crippen LogP contribution < -0.4 is 15.4 Å². The summed E-state index contributed by atoms with van der Waals surface area (Å²) in [4.78, 5) is 12.1. The highest BCUT2D eigenvalue weighted by atomic mass is 79.9. The largest absolute Gasteiger partial charge is 0.496 e. The number of benzene rings is 1. The Bertz CT molecular complexity index is 598. The summed E-state index contributed by atoms with van der Waals surface area (Å²) in [6.45, 7) is 7.90. The van der Waals surface area contributed by atoms with E-state index < -0.39 is 5.54 Å². The summed E-state index contributed by atoms with van der Waals surface area (Å²) in [5, 5.41) is 14.0. The number of hydrogen-bond donors (Lipinski definition) is 2. The standard InChI is InChI=1S/C17H24BrN3O2/c1-11(2)17(4,10-19)21-16(22)9-20-12(3)13-6-7-15(23-5)14(18)8-13/h6-8,11-12,20H,9H2,1-5H3,(H,21,22)/p+1/t12-,17+/m0/s1. The van der Waals surface area contributed by atoms with Crippen molar-refractivity contribution in [3.8, 4) is 11.8 Å². The summed E-state index contributed by atoms with van der Waals surface area (Å²) in [6, 6.07) is 8.17. The van der Waals surface area contributed by atoms with E-state index in [1.54, 1.807) is 14.0 Å². The first-order chi connectivity index (χ1) is 10.7. The lowest BCUT2D eigenvalue weighted by Crippen LogP contribution is -2.87. The smallest absolute Gasteiger partial charge is 0.276 e. The molecule has 0 spiro atoms. The lowest BCUT2D eigenvalue weighted by atomic mass is 9.90. The summed E-state index contributed by atoms with van der Waals surface area (Å²) >= 11 is 3.47. The molecular weight excluding hydrogens is 358 g/mol. The summed E-state index contributed by atoms with van der Waals surface area (Å²) in [5.74, 6) is 0.689. The Labute approximate surface area is 146 Å². The minimum atomic E-state index is -0.836. The maximum atomic E-state index is 12.1. The molecule has 0 bridgehead atoms. The molecule has 1 aromatic carbocycles. The number of amides is 1. The van der Waals surface area contributed by atoms with E-state index >= 15 is 0 Å². The molecule has 5 nitrogen and oxygen atoms in total. The third-order valence-corrected chi connectivity index (χ3v) is 4.76. The van der Waals surface area contributed by atoms with Crippen LogP contribution in [0.25, 0.3) is 0 Å². The molecule has 0 radical (unpaired) electrons.